The molecule has 4 aliphatic heterocycles. The number of hydrogen-bond donors (Lipinski definition) is 0. The van der Waals surface area contributed by atoms with Gasteiger partial charge in [-0.2, -0.15) is 0 Å². The van der Waals surface area contributed by atoms with Crippen LogP contribution in [0.3, 0.4) is 0 Å². The summed E-state index contributed by atoms with van der Waals surface area (Å²) in [5.74, 6) is -1.81. The number of hydrogen-bond acceptors (Lipinski definition) is 10. The minimum atomic E-state index is -1.06. The molecule has 4 amide bonds. The van der Waals surface area contributed by atoms with Crippen LogP contribution in [0.25, 0.3) is 0 Å². The number of hydrazine groups is 1. The van der Waals surface area contributed by atoms with Crippen LogP contribution >= 0.6 is 0 Å². The van der Waals surface area contributed by atoms with Crippen molar-refractivity contribution in [2.24, 2.45) is 11.8 Å². The highest BCUT2D eigenvalue weighted by Crippen LogP contribution is 2.61. The van der Waals surface area contributed by atoms with E-state index in [0.717, 1.165) is 0 Å². The summed E-state index contributed by atoms with van der Waals surface area (Å²) in [6, 6.07) is 24.2. The Balaban J connectivity index is 1.38. The van der Waals surface area contributed by atoms with E-state index in [0.29, 0.717) is 45.5 Å². The summed E-state index contributed by atoms with van der Waals surface area (Å²) in [6.07, 6.45) is 0. The van der Waals surface area contributed by atoms with E-state index >= 15 is 0 Å². The molecule has 0 saturated carbocycles. The fraction of sp³-hybridized carbons (Fsp3) is 0.263. The summed E-state index contributed by atoms with van der Waals surface area (Å²) in [5, 5.41) is 3.58. The lowest BCUT2D eigenvalue weighted by Crippen LogP contribution is -2.50. The molecular formula is C38H34N4O8. The van der Waals surface area contributed by atoms with Gasteiger partial charge >= 0.3 is 0 Å². The second kappa shape index (κ2) is 12.0. The molecule has 4 aliphatic rings. The Hall–Kier alpha value is -5.72. The van der Waals surface area contributed by atoms with E-state index < -0.39 is 59.6 Å². The number of para-hydroxylation sites is 2. The lowest BCUT2D eigenvalue weighted by atomic mass is 9.83. The Morgan fingerprint density at radius 3 is 1.16 bits per heavy atom. The van der Waals surface area contributed by atoms with Crippen LogP contribution < -0.4 is 28.7 Å². The van der Waals surface area contributed by atoms with E-state index in [4.69, 9.17) is 18.9 Å². The van der Waals surface area contributed by atoms with Crippen molar-refractivity contribution in [1.82, 2.24) is 10.0 Å². The van der Waals surface area contributed by atoms with Gasteiger partial charge in [-0.3, -0.25) is 19.2 Å². The Kier molecular flexibility index (Phi) is 7.57. The standard InChI is InChI=1S/C38H34N4O8/c1-47-23-15-17-25(27(19-23)49-3)31-29-33(37(45)39(35(29)43)21-11-7-5-8-12-21)42-32(26-18-16-24(48-2)20-28(26)50-4)30-34(41(31)42)38(46)40(36(30)44)22-13-9-6-10-14-22/h5-20,29-34H,1-4H3/t29-,30+,31-,32-,33-,34-/m1/s1. The first-order chi connectivity index (χ1) is 24.3. The molecule has 4 fully saturated rings. The van der Waals surface area contributed by atoms with Crippen molar-refractivity contribution in [2.45, 2.75) is 24.2 Å². The van der Waals surface area contributed by atoms with Gasteiger partial charge in [0.05, 0.1) is 63.7 Å². The number of carbonyl (C=O) groups excluding carboxylic acids is 4. The number of methoxy groups -OCH3 is 4. The van der Waals surface area contributed by atoms with Gasteiger partial charge in [-0.1, -0.05) is 36.4 Å². The molecule has 8 rings (SSSR count). The second-order valence-corrected chi connectivity index (χ2v) is 12.5. The fourth-order valence-electron chi connectivity index (χ4n) is 8.24. The topological polar surface area (TPSA) is 118 Å². The summed E-state index contributed by atoms with van der Waals surface area (Å²) in [6.45, 7) is 0. The van der Waals surface area contributed by atoms with E-state index in [1.165, 1.54) is 38.2 Å². The zero-order chi connectivity index (χ0) is 34.8. The zero-order valence-electron chi connectivity index (χ0n) is 27.8. The number of benzene rings is 4. The molecule has 254 valence electrons. The van der Waals surface area contributed by atoms with Crippen LogP contribution in [0, 0.1) is 11.8 Å². The van der Waals surface area contributed by atoms with Crippen molar-refractivity contribution in [3.05, 3.63) is 108 Å². The number of anilines is 2. The minimum absolute atomic E-state index is 0.409. The molecule has 0 bridgehead atoms. The molecule has 0 radical (unpaired) electrons. The van der Waals surface area contributed by atoms with Gasteiger partial charge < -0.3 is 18.9 Å². The first kappa shape index (κ1) is 31.5. The van der Waals surface area contributed by atoms with Gasteiger partial charge in [0.15, 0.2) is 0 Å². The van der Waals surface area contributed by atoms with Crippen LogP contribution in [0.15, 0.2) is 97.1 Å². The van der Waals surface area contributed by atoms with Gasteiger partial charge in [0.2, 0.25) is 11.8 Å². The monoisotopic (exact) mass is 674 g/mol. The molecule has 0 N–H and O–H groups in total. The number of amides is 4. The van der Waals surface area contributed by atoms with Crippen molar-refractivity contribution in [1.29, 1.82) is 0 Å². The normalized spacial score (nSPS) is 25.9. The Morgan fingerprint density at radius 1 is 0.440 bits per heavy atom. The Morgan fingerprint density at radius 2 is 0.820 bits per heavy atom. The number of nitrogens with zero attached hydrogens (tertiary/aromatic N) is 4. The van der Waals surface area contributed by atoms with Crippen LogP contribution in [-0.4, -0.2) is 74.2 Å². The van der Waals surface area contributed by atoms with Gasteiger partial charge in [0, 0.05) is 23.3 Å². The quantitative estimate of drug-likeness (QED) is 0.252. The van der Waals surface area contributed by atoms with Crippen LogP contribution in [0.4, 0.5) is 11.4 Å². The molecule has 50 heavy (non-hydrogen) atoms. The van der Waals surface area contributed by atoms with Crippen LogP contribution in [0.5, 0.6) is 23.0 Å². The van der Waals surface area contributed by atoms with Crippen LogP contribution in [0.1, 0.15) is 23.2 Å². The zero-order valence-corrected chi connectivity index (χ0v) is 27.8. The molecule has 0 aliphatic carbocycles. The predicted octanol–water partition coefficient (Wildman–Crippen LogP) is 4.17. The van der Waals surface area contributed by atoms with E-state index in [9.17, 15) is 19.2 Å². The maximum Gasteiger partial charge on any atom is 0.253 e. The first-order valence-electron chi connectivity index (χ1n) is 16.2. The summed E-state index contributed by atoms with van der Waals surface area (Å²) in [7, 11) is 6.11. The third-order valence-electron chi connectivity index (χ3n) is 10.3. The number of rotatable bonds is 8. The molecule has 0 spiro atoms. The number of ether oxygens (including phenoxy) is 4. The SMILES string of the molecule is COc1ccc([C@@H]2[C@@H]3C(=O)N(c4ccccc4)C(=O)[C@@H]3N3[C@H](c4ccc(OC)cc4OC)[C@H]4C(=O)N(c5ccccc5)C(=O)[C@@H]4N23)c(OC)c1. The summed E-state index contributed by atoms with van der Waals surface area (Å²) in [5.41, 5.74) is 2.01. The molecule has 4 aromatic rings. The van der Waals surface area contributed by atoms with Crippen molar-refractivity contribution in [2.75, 3.05) is 38.2 Å². The maximum absolute atomic E-state index is 14.7. The fourth-order valence-corrected chi connectivity index (χ4v) is 8.24. The second-order valence-electron chi connectivity index (χ2n) is 12.5. The predicted molar refractivity (Wildman–Crippen MR) is 181 cm³/mol. The first-order valence-corrected chi connectivity index (χ1v) is 16.2. The van der Waals surface area contributed by atoms with Gasteiger partial charge in [-0.25, -0.2) is 19.8 Å². The van der Waals surface area contributed by atoms with Crippen molar-refractivity contribution in [3.8, 4) is 23.0 Å². The lowest BCUT2D eigenvalue weighted by molar-refractivity contribution is -0.136. The molecule has 0 unspecified atom stereocenters. The highest BCUT2D eigenvalue weighted by atomic mass is 16.5. The van der Waals surface area contributed by atoms with E-state index in [1.54, 1.807) is 94.9 Å². The number of fused-ring (bicyclic) bond motifs is 5. The third kappa shape index (κ3) is 4.38. The Bertz CT molecular complexity index is 1880. The van der Waals surface area contributed by atoms with Gasteiger partial charge in [-0.15, -0.1) is 0 Å². The molecule has 12 nitrogen and oxygen atoms in total. The maximum atomic E-state index is 14.7. The average molecular weight is 675 g/mol. The molecule has 4 aromatic carbocycles. The molecule has 4 saturated heterocycles. The van der Waals surface area contributed by atoms with Crippen molar-refractivity contribution in [3.63, 3.8) is 0 Å². The summed E-state index contributed by atoms with van der Waals surface area (Å²) < 4.78 is 22.7. The van der Waals surface area contributed by atoms with E-state index in [1.807, 2.05) is 12.1 Å². The third-order valence-corrected chi connectivity index (χ3v) is 10.3. The van der Waals surface area contributed by atoms with Crippen LogP contribution in [-0.2, 0) is 19.2 Å². The van der Waals surface area contributed by atoms with Gasteiger partial charge in [0.1, 0.15) is 35.1 Å². The van der Waals surface area contributed by atoms with Gasteiger partial charge in [0.25, 0.3) is 11.8 Å². The molecule has 4 heterocycles. The minimum Gasteiger partial charge on any atom is -0.497 e. The highest BCUT2D eigenvalue weighted by Gasteiger charge is 2.74. The highest BCUT2D eigenvalue weighted by molar-refractivity contribution is 6.26. The molecule has 12 heteroatoms. The molecule has 0 aromatic heterocycles. The van der Waals surface area contributed by atoms with E-state index in [-0.39, 0.29) is 0 Å². The molecular weight excluding hydrogens is 640 g/mol. The van der Waals surface area contributed by atoms with Crippen molar-refractivity contribution < 1.29 is 38.1 Å². The smallest absolute Gasteiger partial charge is 0.253 e. The van der Waals surface area contributed by atoms with E-state index in [2.05, 4.69) is 0 Å². The summed E-state index contributed by atoms with van der Waals surface area (Å²) in [4.78, 5) is 61.3. The van der Waals surface area contributed by atoms with Gasteiger partial charge in [-0.05, 0) is 48.5 Å². The number of imide groups is 2. The Labute approximate surface area is 288 Å². The number of carbonyl (C=O) groups is 4. The largest absolute Gasteiger partial charge is 0.497 e. The van der Waals surface area contributed by atoms with Crippen LogP contribution in [0.2, 0.25) is 0 Å². The molecule has 6 atom stereocenters. The van der Waals surface area contributed by atoms with Crippen molar-refractivity contribution >= 4 is 35.0 Å². The lowest BCUT2D eigenvalue weighted by Gasteiger charge is -2.36. The summed E-state index contributed by atoms with van der Waals surface area (Å²) >= 11 is 0. The average Bonchev–Trinajstić information content (AvgIpc) is 3.82.